The molecule has 4 heteroatoms. The second-order valence-corrected chi connectivity index (χ2v) is 4.60. The third-order valence-electron chi connectivity index (χ3n) is 3.19. The van der Waals surface area contributed by atoms with Gasteiger partial charge in [0.05, 0.1) is 6.10 Å². The molecule has 0 saturated carbocycles. The van der Waals surface area contributed by atoms with Gasteiger partial charge in [0.2, 0.25) is 0 Å². The minimum atomic E-state index is -0.809. The molecule has 1 aliphatic heterocycles. The molecule has 1 heterocycles. The van der Waals surface area contributed by atoms with E-state index in [2.05, 4.69) is 5.32 Å². The fraction of sp³-hybridized carbons (Fsp3) is 0.538. The van der Waals surface area contributed by atoms with Gasteiger partial charge in [0.1, 0.15) is 11.6 Å². The molecule has 0 radical (unpaired) electrons. The molecule has 0 bridgehead atoms. The highest BCUT2D eigenvalue weighted by atomic mass is 19.1. The van der Waals surface area contributed by atoms with E-state index >= 15 is 0 Å². The van der Waals surface area contributed by atoms with Crippen molar-refractivity contribution in [3.63, 3.8) is 0 Å². The van der Waals surface area contributed by atoms with Gasteiger partial charge in [-0.05, 0) is 43.5 Å². The number of piperidine rings is 1. The van der Waals surface area contributed by atoms with Crippen molar-refractivity contribution in [3.05, 3.63) is 35.4 Å². The average Bonchev–Trinajstić information content (AvgIpc) is 2.29. The monoisotopic (exact) mass is 241 g/mol. The third-order valence-corrected chi connectivity index (χ3v) is 3.19. The summed E-state index contributed by atoms with van der Waals surface area (Å²) in [6.07, 6.45) is 3.00. The molecule has 2 atom stereocenters. The van der Waals surface area contributed by atoms with Crippen molar-refractivity contribution < 1.29 is 13.9 Å². The van der Waals surface area contributed by atoms with Crippen molar-refractivity contribution in [2.24, 2.45) is 0 Å². The smallest absolute Gasteiger partial charge is 0.126 e. The number of hydrogen-bond acceptors (Lipinski definition) is 2. The van der Waals surface area contributed by atoms with Crippen LogP contribution in [0.4, 0.5) is 8.78 Å². The highest BCUT2D eigenvalue weighted by Crippen LogP contribution is 2.23. The Morgan fingerprint density at radius 2 is 1.94 bits per heavy atom. The average molecular weight is 241 g/mol. The maximum atomic E-state index is 13.0. The predicted molar refractivity (Wildman–Crippen MR) is 61.6 cm³/mol. The first-order valence-electron chi connectivity index (χ1n) is 6.02. The van der Waals surface area contributed by atoms with Gasteiger partial charge in [0.15, 0.2) is 0 Å². The first-order valence-corrected chi connectivity index (χ1v) is 6.02. The van der Waals surface area contributed by atoms with E-state index in [1.165, 1.54) is 12.1 Å². The highest BCUT2D eigenvalue weighted by molar-refractivity contribution is 5.20. The van der Waals surface area contributed by atoms with Crippen LogP contribution < -0.4 is 5.32 Å². The molecule has 1 fully saturated rings. The topological polar surface area (TPSA) is 32.3 Å². The Balaban J connectivity index is 2.00. The summed E-state index contributed by atoms with van der Waals surface area (Å²) in [5, 5.41) is 13.2. The summed E-state index contributed by atoms with van der Waals surface area (Å²) in [6.45, 7) is 0.953. The zero-order valence-electron chi connectivity index (χ0n) is 9.63. The molecule has 2 unspecified atom stereocenters. The molecule has 0 spiro atoms. The van der Waals surface area contributed by atoms with Gasteiger partial charge in [-0.25, -0.2) is 8.78 Å². The lowest BCUT2D eigenvalue weighted by Gasteiger charge is -2.25. The molecule has 2 rings (SSSR count). The number of hydrogen-bond donors (Lipinski definition) is 2. The molecule has 1 aliphatic rings. The van der Waals surface area contributed by atoms with E-state index in [1.807, 2.05) is 0 Å². The van der Waals surface area contributed by atoms with Crippen molar-refractivity contribution in [1.29, 1.82) is 0 Å². The molecule has 94 valence electrons. The van der Waals surface area contributed by atoms with Crippen LogP contribution in [0.1, 0.15) is 37.4 Å². The van der Waals surface area contributed by atoms with Crippen molar-refractivity contribution in [2.75, 3.05) is 6.54 Å². The van der Waals surface area contributed by atoms with Crippen LogP contribution in [-0.2, 0) is 0 Å². The van der Waals surface area contributed by atoms with E-state index in [0.29, 0.717) is 12.0 Å². The molecule has 1 aromatic rings. The summed E-state index contributed by atoms with van der Waals surface area (Å²) in [6, 6.07) is 3.44. The fourth-order valence-electron chi connectivity index (χ4n) is 2.30. The van der Waals surface area contributed by atoms with Gasteiger partial charge < -0.3 is 10.4 Å². The fourth-order valence-corrected chi connectivity index (χ4v) is 2.30. The SMILES string of the molecule is OC(CC1CCCCN1)c1cc(F)cc(F)c1. The first-order chi connectivity index (χ1) is 8.15. The van der Waals surface area contributed by atoms with Crippen LogP contribution in [-0.4, -0.2) is 17.7 Å². The Morgan fingerprint density at radius 1 is 1.24 bits per heavy atom. The number of nitrogens with one attached hydrogen (secondary N) is 1. The maximum Gasteiger partial charge on any atom is 0.126 e. The minimum absolute atomic E-state index is 0.241. The van der Waals surface area contributed by atoms with Crippen LogP contribution in [0, 0.1) is 11.6 Å². The Labute approximate surface area is 99.7 Å². The van der Waals surface area contributed by atoms with Gasteiger partial charge in [0, 0.05) is 12.1 Å². The van der Waals surface area contributed by atoms with E-state index in [9.17, 15) is 13.9 Å². The van der Waals surface area contributed by atoms with Gasteiger partial charge in [-0.15, -0.1) is 0 Å². The quantitative estimate of drug-likeness (QED) is 0.852. The molecule has 1 saturated heterocycles. The normalized spacial score (nSPS) is 22.4. The zero-order valence-corrected chi connectivity index (χ0v) is 9.63. The Kier molecular flexibility index (Phi) is 4.07. The standard InChI is InChI=1S/C13H17F2NO/c14-10-5-9(6-11(15)7-10)13(17)8-12-3-1-2-4-16-12/h5-7,12-13,16-17H,1-4,8H2. The van der Waals surface area contributed by atoms with Crippen LogP contribution in [0.5, 0.6) is 0 Å². The van der Waals surface area contributed by atoms with Crippen LogP contribution in [0.25, 0.3) is 0 Å². The third kappa shape index (κ3) is 3.48. The van der Waals surface area contributed by atoms with E-state index < -0.39 is 17.7 Å². The molecule has 17 heavy (non-hydrogen) atoms. The number of aliphatic hydroxyl groups is 1. The molecule has 0 aliphatic carbocycles. The van der Waals surface area contributed by atoms with E-state index in [4.69, 9.17) is 0 Å². The summed E-state index contributed by atoms with van der Waals surface area (Å²) in [4.78, 5) is 0. The number of halogens is 2. The van der Waals surface area contributed by atoms with Crippen molar-refractivity contribution in [2.45, 2.75) is 37.8 Å². The second kappa shape index (κ2) is 5.56. The number of benzene rings is 1. The van der Waals surface area contributed by atoms with Gasteiger partial charge in [-0.3, -0.25) is 0 Å². The summed E-state index contributed by atoms with van der Waals surface area (Å²) in [7, 11) is 0. The molecule has 2 nitrogen and oxygen atoms in total. The lowest BCUT2D eigenvalue weighted by atomic mass is 9.96. The van der Waals surface area contributed by atoms with Gasteiger partial charge in [-0.1, -0.05) is 6.42 Å². The molecule has 2 N–H and O–H groups in total. The Hall–Kier alpha value is -1.00. The summed E-state index contributed by atoms with van der Waals surface area (Å²) >= 11 is 0. The van der Waals surface area contributed by atoms with Crippen LogP contribution >= 0.6 is 0 Å². The van der Waals surface area contributed by atoms with E-state index in [1.54, 1.807) is 0 Å². The van der Waals surface area contributed by atoms with Crippen molar-refractivity contribution in [3.8, 4) is 0 Å². The predicted octanol–water partition coefficient (Wildman–Crippen LogP) is 2.53. The van der Waals surface area contributed by atoms with Crippen molar-refractivity contribution >= 4 is 0 Å². The molecular formula is C13H17F2NO. The van der Waals surface area contributed by atoms with Gasteiger partial charge in [0.25, 0.3) is 0 Å². The largest absolute Gasteiger partial charge is 0.388 e. The number of aliphatic hydroxyl groups excluding tert-OH is 1. The van der Waals surface area contributed by atoms with Crippen molar-refractivity contribution in [1.82, 2.24) is 5.32 Å². The van der Waals surface area contributed by atoms with Gasteiger partial charge in [-0.2, -0.15) is 0 Å². The minimum Gasteiger partial charge on any atom is -0.388 e. The second-order valence-electron chi connectivity index (χ2n) is 4.60. The Morgan fingerprint density at radius 3 is 2.53 bits per heavy atom. The first kappa shape index (κ1) is 12.5. The molecule has 0 aromatic heterocycles. The molecule has 1 aromatic carbocycles. The summed E-state index contributed by atoms with van der Waals surface area (Å²) < 4.78 is 26.0. The summed E-state index contributed by atoms with van der Waals surface area (Å²) in [5.41, 5.74) is 0.315. The van der Waals surface area contributed by atoms with E-state index in [0.717, 1.165) is 31.9 Å². The van der Waals surface area contributed by atoms with Gasteiger partial charge >= 0.3 is 0 Å². The lowest BCUT2D eigenvalue weighted by Crippen LogP contribution is -2.35. The Bertz CT molecular complexity index is 357. The highest BCUT2D eigenvalue weighted by Gasteiger charge is 2.18. The maximum absolute atomic E-state index is 13.0. The molecular weight excluding hydrogens is 224 g/mol. The zero-order chi connectivity index (χ0) is 12.3. The molecule has 0 amide bonds. The van der Waals surface area contributed by atoms with Crippen LogP contribution in [0.15, 0.2) is 18.2 Å². The van der Waals surface area contributed by atoms with E-state index in [-0.39, 0.29) is 6.04 Å². The lowest BCUT2D eigenvalue weighted by molar-refractivity contribution is 0.144. The van der Waals surface area contributed by atoms with Crippen LogP contribution in [0.2, 0.25) is 0 Å². The van der Waals surface area contributed by atoms with Crippen LogP contribution in [0.3, 0.4) is 0 Å². The summed E-state index contributed by atoms with van der Waals surface area (Å²) in [5.74, 6) is -1.29. The number of rotatable bonds is 3.